The van der Waals surface area contributed by atoms with E-state index in [1.807, 2.05) is 12.1 Å². The first-order valence-corrected chi connectivity index (χ1v) is 7.65. The number of H-pyrrole nitrogens is 1. The van der Waals surface area contributed by atoms with E-state index in [4.69, 9.17) is 0 Å². The summed E-state index contributed by atoms with van der Waals surface area (Å²) in [6, 6.07) is 14.0. The van der Waals surface area contributed by atoms with Crippen LogP contribution in [-0.2, 0) is 9.84 Å². The van der Waals surface area contributed by atoms with Crippen molar-refractivity contribution in [3.8, 4) is 0 Å². The van der Waals surface area contributed by atoms with Crippen LogP contribution in [0.2, 0.25) is 0 Å². The maximum absolute atomic E-state index is 12.7. The van der Waals surface area contributed by atoms with E-state index in [1.165, 1.54) is 0 Å². The SMILES string of the molecule is C=Cc1cccc2c(S(=O)(=O)c3ccccc3)c[nH]c12. The van der Waals surface area contributed by atoms with Gasteiger partial charge in [-0.1, -0.05) is 49.1 Å². The van der Waals surface area contributed by atoms with Crippen LogP contribution < -0.4 is 0 Å². The predicted molar refractivity (Wildman–Crippen MR) is 80.3 cm³/mol. The Morgan fingerprint density at radius 1 is 1.00 bits per heavy atom. The van der Waals surface area contributed by atoms with Crippen molar-refractivity contribution in [3.05, 3.63) is 66.9 Å². The maximum Gasteiger partial charge on any atom is 0.208 e. The summed E-state index contributed by atoms with van der Waals surface area (Å²) in [7, 11) is -3.51. The lowest BCUT2D eigenvalue weighted by molar-refractivity contribution is 0.597. The van der Waals surface area contributed by atoms with Crippen molar-refractivity contribution in [1.29, 1.82) is 0 Å². The minimum absolute atomic E-state index is 0.294. The topological polar surface area (TPSA) is 49.9 Å². The highest BCUT2D eigenvalue weighted by molar-refractivity contribution is 7.91. The predicted octanol–water partition coefficient (Wildman–Crippen LogP) is 3.64. The zero-order valence-corrected chi connectivity index (χ0v) is 11.5. The molecule has 0 saturated carbocycles. The average molecular weight is 283 g/mol. The number of fused-ring (bicyclic) bond motifs is 1. The van der Waals surface area contributed by atoms with E-state index >= 15 is 0 Å². The minimum Gasteiger partial charge on any atom is -0.359 e. The molecule has 20 heavy (non-hydrogen) atoms. The fraction of sp³-hybridized carbons (Fsp3) is 0. The Hall–Kier alpha value is -2.33. The van der Waals surface area contributed by atoms with Gasteiger partial charge in [-0.3, -0.25) is 0 Å². The van der Waals surface area contributed by atoms with Crippen molar-refractivity contribution in [2.24, 2.45) is 0 Å². The highest BCUT2D eigenvalue weighted by Gasteiger charge is 2.21. The molecule has 3 rings (SSSR count). The van der Waals surface area contributed by atoms with Crippen molar-refractivity contribution in [3.63, 3.8) is 0 Å². The lowest BCUT2D eigenvalue weighted by Crippen LogP contribution is -2.00. The van der Waals surface area contributed by atoms with Gasteiger partial charge in [-0.05, 0) is 17.7 Å². The van der Waals surface area contributed by atoms with Crippen LogP contribution in [0.4, 0.5) is 0 Å². The summed E-state index contributed by atoms with van der Waals surface area (Å²) in [5.74, 6) is 0. The Balaban J connectivity index is 2.29. The van der Waals surface area contributed by atoms with Crippen LogP contribution in [0.15, 0.2) is 71.1 Å². The Labute approximate surface area is 117 Å². The van der Waals surface area contributed by atoms with Crippen molar-refractivity contribution >= 4 is 26.8 Å². The van der Waals surface area contributed by atoms with Crippen molar-refractivity contribution in [2.45, 2.75) is 9.79 Å². The molecule has 1 aromatic heterocycles. The molecule has 0 bridgehead atoms. The molecule has 0 aliphatic carbocycles. The molecule has 2 aromatic carbocycles. The highest BCUT2D eigenvalue weighted by atomic mass is 32.2. The Bertz CT molecular complexity index is 877. The van der Waals surface area contributed by atoms with E-state index in [0.29, 0.717) is 15.2 Å². The summed E-state index contributed by atoms with van der Waals surface area (Å²) in [4.78, 5) is 3.62. The van der Waals surface area contributed by atoms with Gasteiger partial charge in [0.25, 0.3) is 0 Å². The summed E-state index contributed by atoms with van der Waals surface area (Å²) in [5, 5.41) is 0.686. The van der Waals surface area contributed by atoms with Gasteiger partial charge in [0.15, 0.2) is 0 Å². The van der Waals surface area contributed by atoms with Gasteiger partial charge in [-0.2, -0.15) is 0 Å². The summed E-state index contributed by atoms with van der Waals surface area (Å²) >= 11 is 0. The average Bonchev–Trinajstić information content (AvgIpc) is 2.92. The van der Waals surface area contributed by atoms with Crippen LogP contribution in [0.25, 0.3) is 17.0 Å². The summed E-state index contributed by atoms with van der Waals surface area (Å²) in [6.07, 6.45) is 3.25. The van der Waals surface area contributed by atoms with Crippen LogP contribution in [0.1, 0.15) is 5.56 Å². The van der Waals surface area contributed by atoms with Crippen LogP contribution in [0.5, 0.6) is 0 Å². The number of aromatic nitrogens is 1. The standard InChI is InChI=1S/C16H13NO2S/c1-2-12-7-6-10-14-15(11-17-16(12)14)20(18,19)13-8-4-3-5-9-13/h2-11,17H,1H2. The van der Waals surface area contributed by atoms with Gasteiger partial charge in [-0.25, -0.2) is 8.42 Å². The zero-order valence-electron chi connectivity index (χ0n) is 10.7. The molecule has 3 nitrogen and oxygen atoms in total. The minimum atomic E-state index is -3.51. The molecule has 0 amide bonds. The molecule has 0 aliphatic heterocycles. The number of rotatable bonds is 3. The Morgan fingerprint density at radius 3 is 2.45 bits per heavy atom. The fourth-order valence-corrected chi connectivity index (χ4v) is 3.71. The van der Waals surface area contributed by atoms with Crippen LogP contribution in [0, 0.1) is 0 Å². The molecule has 0 unspecified atom stereocenters. The molecular weight excluding hydrogens is 270 g/mol. The molecule has 1 heterocycles. The van der Waals surface area contributed by atoms with Gasteiger partial charge in [0, 0.05) is 11.6 Å². The fourth-order valence-electron chi connectivity index (χ4n) is 2.27. The van der Waals surface area contributed by atoms with Crippen LogP contribution >= 0.6 is 0 Å². The van der Waals surface area contributed by atoms with E-state index in [0.717, 1.165) is 11.1 Å². The zero-order chi connectivity index (χ0) is 14.2. The largest absolute Gasteiger partial charge is 0.359 e. The van der Waals surface area contributed by atoms with Crippen molar-refractivity contribution in [1.82, 2.24) is 4.98 Å². The van der Waals surface area contributed by atoms with E-state index in [9.17, 15) is 8.42 Å². The molecule has 0 radical (unpaired) electrons. The molecule has 0 atom stereocenters. The third-order valence-corrected chi connectivity index (χ3v) is 5.08. The van der Waals surface area contributed by atoms with E-state index in [-0.39, 0.29) is 0 Å². The second-order valence-corrected chi connectivity index (χ2v) is 6.36. The number of benzene rings is 2. The molecule has 3 aromatic rings. The summed E-state index contributed by atoms with van der Waals surface area (Å²) in [5.41, 5.74) is 1.68. The van der Waals surface area contributed by atoms with Crippen LogP contribution in [-0.4, -0.2) is 13.4 Å². The number of sulfone groups is 1. The highest BCUT2D eigenvalue weighted by Crippen LogP contribution is 2.29. The molecule has 0 saturated heterocycles. The number of aromatic amines is 1. The summed E-state index contributed by atoms with van der Waals surface area (Å²) in [6.45, 7) is 3.74. The van der Waals surface area contributed by atoms with E-state index < -0.39 is 9.84 Å². The third-order valence-electron chi connectivity index (χ3n) is 3.27. The third kappa shape index (κ3) is 1.85. The second-order valence-electron chi connectivity index (χ2n) is 4.44. The van der Waals surface area contributed by atoms with Gasteiger partial charge < -0.3 is 4.98 Å². The molecule has 0 spiro atoms. The number of para-hydroxylation sites is 1. The van der Waals surface area contributed by atoms with E-state index in [1.54, 1.807) is 48.7 Å². The maximum atomic E-state index is 12.7. The quantitative estimate of drug-likeness (QED) is 0.797. The van der Waals surface area contributed by atoms with Gasteiger partial charge in [0.1, 0.15) is 0 Å². The number of hydrogen-bond acceptors (Lipinski definition) is 2. The first kappa shape index (κ1) is 12.7. The number of nitrogens with one attached hydrogen (secondary N) is 1. The summed E-state index contributed by atoms with van der Waals surface area (Å²) < 4.78 is 25.3. The van der Waals surface area contributed by atoms with Crippen LogP contribution in [0.3, 0.4) is 0 Å². The molecule has 0 aliphatic rings. The molecule has 1 N–H and O–H groups in total. The molecule has 4 heteroatoms. The van der Waals surface area contributed by atoms with Crippen molar-refractivity contribution in [2.75, 3.05) is 0 Å². The second kappa shape index (κ2) is 4.65. The first-order chi connectivity index (χ1) is 9.64. The van der Waals surface area contributed by atoms with Gasteiger partial charge in [0.2, 0.25) is 9.84 Å². The van der Waals surface area contributed by atoms with Gasteiger partial charge in [0.05, 0.1) is 15.3 Å². The molecule has 0 fully saturated rings. The molecular formula is C16H13NO2S. The Morgan fingerprint density at radius 2 is 1.75 bits per heavy atom. The Kier molecular flexibility index (Phi) is 2.95. The first-order valence-electron chi connectivity index (χ1n) is 6.17. The van der Waals surface area contributed by atoms with Gasteiger partial charge >= 0.3 is 0 Å². The lowest BCUT2D eigenvalue weighted by atomic mass is 10.1. The normalized spacial score (nSPS) is 11.6. The van der Waals surface area contributed by atoms with E-state index in [2.05, 4.69) is 11.6 Å². The van der Waals surface area contributed by atoms with Crippen molar-refractivity contribution < 1.29 is 8.42 Å². The molecule has 100 valence electrons. The number of hydrogen-bond donors (Lipinski definition) is 1. The monoisotopic (exact) mass is 283 g/mol. The smallest absolute Gasteiger partial charge is 0.208 e. The lowest BCUT2D eigenvalue weighted by Gasteiger charge is -2.03. The van der Waals surface area contributed by atoms with Gasteiger partial charge in [-0.15, -0.1) is 0 Å².